The van der Waals surface area contributed by atoms with Gasteiger partial charge < -0.3 is 5.11 Å². The van der Waals surface area contributed by atoms with E-state index in [1.807, 2.05) is 6.07 Å². The van der Waals surface area contributed by atoms with Gasteiger partial charge >= 0.3 is 0 Å². The molecule has 112 valence electrons. The fourth-order valence-electron chi connectivity index (χ4n) is 1.82. The molecule has 0 saturated carbocycles. The number of aliphatic hydroxyl groups excluding tert-OH is 1. The van der Waals surface area contributed by atoms with Gasteiger partial charge in [0.15, 0.2) is 0 Å². The van der Waals surface area contributed by atoms with Crippen molar-refractivity contribution in [3.8, 4) is 0 Å². The van der Waals surface area contributed by atoms with Crippen molar-refractivity contribution in [3.05, 3.63) is 65.7 Å². The first-order chi connectivity index (χ1) is 10.0. The summed E-state index contributed by atoms with van der Waals surface area (Å²) < 4.78 is 26.7. The lowest BCUT2D eigenvalue weighted by atomic mass is 10.1. The van der Waals surface area contributed by atoms with Gasteiger partial charge in [-0.3, -0.25) is 0 Å². The Bertz CT molecular complexity index is 672. The number of halogens is 1. The minimum atomic E-state index is -3.61. The highest BCUT2D eigenvalue weighted by molar-refractivity contribution is 9.08. The Morgan fingerprint density at radius 3 is 2.24 bits per heavy atom. The number of rotatable bonds is 6. The molecule has 0 saturated heterocycles. The Balaban J connectivity index is 2.04. The lowest BCUT2D eigenvalue weighted by Crippen LogP contribution is -2.28. The largest absolute Gasteiger partial charge is 0.387 e. The molecular weight excluding hydrogens is 354 g/mol. The van der Waals surface area contributed by atoms with Crippen LogP contribution in [0.2, 0.25) is 0 Å². The van der Waals surface area contributed by atoms with Crippen LogP contribution >= 0.6 is 15.9 Å². The molecule has 0 radical (unpaired) electrons. The summed E-state index contributed by atoms with van der Waals surface area (Å²) in [5, 5.41) is 10.7. The van der Waals surface area contributed by atoms with Crippen molar-refractivity contribution in [3.63, 3.8) is 0 Å². The van der Waals surface area contributed by atoms with Gasteiger partial charge in [0.05, 0.1) is 11.0 Å². The van der Waals surface area contributed by atoms with Gasteiger partial charge in [-0.1, -0.05) is 58.4 Å². The normalized spacial score (nSPS) is 13.0. The third-order valence-electron chi connectivity index (χ3n) is 3.04. The summed E-state index contributed by atoms with van der Waals surface area (Å²) in [6.07, 6.45) is -0.872. The van der Waals surface area contributed by atoms with Gasteiger partial charge in [-0.25, -0.2) is 13.1 Å². The molecule has 2 aromatic rings. The van der Waals surface area contributed by atoms with Crippen molar-refractivity contribution in [1.82, 2.24) is 4.72 Å². The Morgan fingerprint density at radius 1 is 1.05 bits per heavy atom. The zero-order valence-corrected chi connectivity index (χ0v) is 13.6. The molecule has 0 aromatic heterocycles. The average molecular weight is 370 g/mol. The minimum Gasteiger partial charge on any atom is -0.387 e. The van der Waals surface area contributed by atoms with Gasteiger partial charge in [0.25, 0.3) is 0 Å². The van der Waals surface area contributed by atoms with Crippen LogP contribution < -0.4 is 4.72 Å². The van der Waals surface area contributed by atoms with E-state index in [2.05, 4.69) is 20.7 Å². The van der Waals surface area contributed by atoms with Crippen molar-refractivity contribution < 1.29 is 13.5 Å². The highest BCUT2D eigenvalue weighted by atomic mass is 79.9. The first kappa shape index (κ1) is 16.2. The lowest BCUT2D eigenvalue weighted by Gasteiger charge is -2.12. The molecule has 0 aliphatic heterocycles. The first-order valence-electron chi connectivity index (χ1n) is 6.40. The van der Waals surface area contributed by atoms with E-state index in [1.54, 1.807) is 48.5 Å². The molecule has 6 heteroatoms. The van der Waals surface area contributed by atoms with Gasteiger partial charge in [-0.15, -0.1) is 0 Å². The molecule has 0 bridgehead atoms. The second-order valence-corrected chi connectivity index (χ2v) is 6.88. The molecule has 0 heterocycles. The maximum atomic E-state index is 12.1. The summed E-state index contributed by atoms with van der Waals surface area (Å²) in [6.45, 7) is -0.0630. The van der Waals surface area contributed by atoms with Crippen molar-refractivity contribution in [2.24, 2.45) is 0 Å². The number of nitrogens with one attached hydrogen (secondary N) is 1. The van der Waals surface area contributed by atoms with Gasteiger partial charge in [-0.05, 0) is 23.3 Å². The standard InChI is InChI=1S/C15H16BrNO3S/c16-10-12-6-8-14(9-7-12)21(19,20)17-11-15(18)13-4-2-1-3-5-13/h1-9,15,17-18H,10-11H2. The zero-order chi connectivity index (χ0) is 15.3. The predicted octanol–water partition coefficient (Wildman–Crippen LogP) is 2.59. The van der Waals surface area contributed by atoms with Crippen molar-refractivity contribution in [2.45, 2.75) is 16.3 Å². The Kier molecular flexibility index (Phi) is 5.52. The van der Waals surface area contributed by atoms with Crippen LogP contribution in [-0.2, 0) is 15.4 Å². The maximum Gasteiger partial charge on any atom is 0.240 e. The SMILES string of the molecule is O=S(=O)(NCC(O)c1ccccc1)c1ccc(CBr)cc1. The predicted molar refractivity (Wildman–Crippen MR) is 85.7 cm³/mol. The van der Waals surface area contributed by atoms with Crippen molar-refractivity contribution >= 4 is 26.0 Å². The fourth-order valence-corrected chi connectivity index (χ4v) is 3.23. The molecule has 1 atom stereocenters. The van der Waals surface area contributed by atoms with Crippen LogP contribution in [0.4, 0.5) is 0 Å². The smallest absolute Gasteiger partial charge is 0.240 e. The summed E-state index contributed by atoms with van der Waals surface area (Å²) in [7, 11) is -3.61. The van der Waals surface area contributed by atoms with E-state index >= 15 is 0 Å². The Hall–Kier alpha value is -1.21. The lowest BCUT2D eigenvalue weighted by molar-refractivity contribution is 0.182. The van der Waals surface area contributed by atoms with Crippen LogP contribution in [0.1, 0.15) is 17.2 Å². The van der Waals surface area contributed by atoms with Gasteiger partial charge in [-0.2, -0.15) is 0 Å². The molecular formula is C15H16BrNO3S. The molecule has 0 amide bonds. The van der Waals surface area contributed by atoms with Gasteiger partial charge in [0.1, 0.15) is 0 Å². The molecule has 0 fully saturated rings. The summed E-state index contributed by atoms with van der Waals surface area (Å²) in [5.41, 5.74) is 1.67. The molecule has 0 spiro atoms. The van der Waals surface area contributed by atoms with E-state index in [4.69, 9.17) is 0 Å². The monoisotopic (exact) mass is 369 g/mol. The fraction of sp³-hybridized carbons (Fsp3) is 0.200. The van der Waals surface area contributed by atoms with Gasteiger partial charge in [0, 0.05) is 11.9 Å². The van der Waals surface area contributed by atoms with E-state index in [1.165, 1.54) is 0 Å². The van der Waals surface area contributed by atoms with Crippen LogP contribution in [0.25, 0.3) is 0 Å². The summed E-state index contributed by atoms with van der Waals surface area (Å²) in [6, 6.07) is 15.5. The van der Waals surface area contributed by atoms with Crippen LogP contribution in [0, 0.1) is 0 Å². The van der Waals surface area contributed by atoms with Crippen molar-refractivity contribution in [2.75, 3.05) is 6.54 Å². The molecule has 0 aliphatic rings. The third kappa shape index (κ3) is 4.38. The second kappa shape index (κ2) is 7.17. The van der Waals surface area contributed by atoms with Crippen LogP contribution in [-0.4, -0.2) is 20.1 Å². The number of aliphatic hydroxyl groups is 1. The molecule has 4 nitrogen and oxygen atoms in total. The van der Waals surface area contributed by atoms with Crippen LogP contribution in [0.3, 0.4) is 0 Å². The van der Waals surface area contributed by atoms with E-state index < -0.39 is 16.1 Å². The Morgan fingerprint density at radius 2 is 1.67 bits per heavy atom. The Labute approximate surface area is 133 Å². The number of benzene rings is 2. The van der Waals surface area contributed by atoms with E-state index in [9.17, 15) is 13.5 Å². The molecule has 2 N–H and O–H groups in total. The summed E-state index contributed by atoms with van der Waals surface area (Å²) in [5.74, 6) is 0. The van der Waals surface area contributed by atoms with Crippen LogP contribution in [0.5, 0.6) is 0 Å². The number of alkyl halides is 1. The second-order valence-electron chi connectivity index (χ2n) is 4.56. The average Bonchev–Trinajstić information content (AvgIpc) is 2.53. The quantitative estimate of drug-likeness (QED) is 0.769. The van der Waals surface area contributed by atoms with Gasteiger partial charge in [0.2, 0.25) is 10.0 Å². The summed E-state index contributed by atoms with van der Waals surface area (Å²) >= 11 is 3.31. The molecule has 0 aliphatic carbocycles. The van der Waals surface area contributed by atoms with Crippen molar-refractivity contribution in [1.29, 1.82) is 0 Å². The maximum absolute atomic E-state index is 12.1. The minimum absolute atomic E-state index is 0.0630. The number of hydrogen-bond acceptors (Lipinski definition) is 3. The molecule has 2 aromatic carbocycles. The first-order valence-corrected chi connectivity index (χ1v) is 9.01. The highest BCUT2D eigenvalue weighted by Crippen LogP contribution is 2.15. The third-order valence-corrected chi connectivity index (χ3v) is 5.13. The molecule has 2 rings (SSSR count). The number of sulfonamides is 1. The molecule has 1 unspecified atom stereocenters. The topological polar surface area (TPSA) is 66.4 Å². The van der Waals surface area contributed by atoms with E-state index in [0.29, 0.717) is 10.9 Å². The number of hydrogen-bond donors (Lipinski definition) is 2. The molecule has 21 heavy (non-hydrogen) atoms. The summed E-state index contributed by atoms with van der Waals surface area (Å²) in [4.78, 5) is 0.187. The zero-order valence-electron chi connectivity index (χ0n) is 11.2. The van der Waals surface area contributed by atoms with Crippen LogP contribution in [0.15, 0.2) is 59.5 Å². The van der Waals surface area contributed by atoms with E-state index in [-0.39, 0.29) is 11.4 Å². The highest BCUT2D eigenvalue weighted by Gasteiger charge is 2.16. The van der Waals surface area contributed by atoms with E-state index in [0.717, 1.165) is 5.56 Å².